The molecule has 6 nitrogen and oxygen atoms in total. The Kier molecular flexibility index (Phi) is 6.30. The number of sulfone groups is 1. The van der Waals surface area contributed by atoms with Gasteiger partial charge in [0.2, 0.25) is 0 Å². The summed E-state index contributed by atoms with van der Waals surface area (Å²) >= 11 is 0. The van der Waals surface area contributed by atoms with E-state index in [0.717, 1.165) is 28.8 Å². The van der Waals surface area contributed by atoms with Crippen LogP contribution in [0.2, 0.25) is 0 Å². The van der Waals surface area contributed by atoms with E-state index in [9.17, 15) is 12.8 Å². The van der Waals surface area contributed by atoms with Crippen LogP contribution >= 0.6 is 0 Å². The lowest BCUT2D eigenvalue weighted by Gasteiger charge is -2.12. The van der Waals surface area contributed by atoms with Crippen molar-refractivity contribution in [2.24, 2.45) is 5.73 Å². The van der Waals surface area contributed by atoms with E-state index in [4.69, 9.17) is 5.73 Å². The molecular formula is C18H25FN4O2S. The number of aryl methyl sites for hydroxylation is 1. The van der Waals surface area contributed by atoms with Crippen LogP contribution in [0.25, 0.3) is 0 Å². The molecule has 2 heterocycles. The molecule has 0 saturated heterocycles. The Morgan fingerprint density at radius 2 is 2.08 bits per heavy atom. The zero-order valence-corrected chi connectivity index (χ0v) is 16.3. The summed E-state index contributed by atoms with van der Waals surface area (Å²) in [5.41, 5.74) is 9.02. The van der Waals surface area contributed by atoms with Crippen LogP contribution in [0.15, 0.2) is 35.3 Å². The van der Waals surface area contributed by atoms with Gasteiger partial charge in [-0.2, -0.15) is 5.10 Å². The highest BCUT2D eigenvalue weighted by Crippen LogP contribution is 2.26. The number of pyridine rings is 1. The first-order chi connectivity index (χ1) is 12.1. The fraction of sp³-hybridized carbons (Fsp3) is 0.444. The summed E-state index contributed by atoms with van der Waals surface area (Å²) < 4.78 is 38.7. The molecule has 0 saturated carbocycles. The van der Waals surface area contributed by atoms with Gasteiger partial charge in [-0.05, 0) is 30.5 Å². The Morgan fingerprint density at radius 1 is 1.38 bits per heavy atom. The third-order valence-corrected chi connectivity index (χ3v) is 5.04. The van der Waals surface area contributed by atoms with Crippen molar-refractivity contribution in [2.75, 3.05) is 12.8 Å². The molecule has 26 heavy (non-hydrogen) atoms. The van der Waals surface area contributed by atoms with Gasteiger partial charge in [0, 0.05) is 36.7 Å². The molecule has 2 aromatic heterocycles. The van der Waals surface area contributed by atoms with Gasteiger partial charge in [0.1, 0.15) is 5.83 Å². The van der Waals surface area contributed by atoms with E-state index >= 15 is 0 Å². The van der Waals surface area contributed by atoms with Gasteiger partial charge in [-0.1, -0.05) is 19.9 Å². The second-order valence-electron chi connectivity index (χ2n) is 6.60. The minimum atomic E-state index is -3.32. The average Bonchev–Trinajstić information content (AvgIpc) is 2.82. The van der Waals surface area contributed by atoms with Crippen LogP contribution < -0.4 is 5.73 Å². The minimum absolute atomic E-state index is 0.0479. The quantitative estimate of drug-likeness (QED) is 0.797. The van der Waals surface area contributed by atoms with Crippen LogP contribution in [-0.4, -0.2) is 36.0 Å². The van der Waals surface area contributed by atoms with Crippen LogP contribution in [-0.2, 0) is 22.8 Å². The first-order valence-electron chi connectivity index (χ1n) is 8.39. The normalized spacial score (nSPS) is 12.8. The molecule has 0 fully saturated rings. The highest BCUT2D eigenvalue weighted by molar-refractivity contribution is 7.90. The lowest BCUT2D eigenvalue weighted by Crippen LogP contribution is -2.09. The molecule has 0 radical (unpaired) electrons. The number of nitrogens with two attached hydrogens (primary N) is 1. The molecule has 0 aliphatic rings. The summed E-state index contributed by atoms with van der Waals surface area (Å²) in [7, 11) is -3.32. The van der Waals surface area contributed by atoms with Crippen LogP contribution in [0.4, 0.5) is 4.39 Å². The van der Waals surface area contributed by atoms with E-state index in [2.05, 4.69) is 10.1 Å². The summed E-state index contributed by atoms with van der Waals surface area (Å²) in [6, 6.07) is 3.25. The zero-order chi connectivity index (χ0) is 19.5. The van der Waals surface area contributed by atoms with Crippen molar-refractivity contribution in [3.63, 3.8) is 0 Å². The molecule has 8 heteroatoms. The lowest BCUT2D eigenvalue weighted by molar-refractivity contribution is 0.504. The summed E-state index contributed by atoms with van der Waals surface area (Å²) in [5, 5.41) is 4.53. The Labute approximate surface area is 153 Å². The second-order valence-corrected chi connectivity index (χ2v) is 8.56. The summed E-state index contributed by atoms with van der Waals surface area (Å²) in [6.07, 6.45) is 4.59. The maximum absolute atomic E-state index is 13.9. The molecule has 2 rings (SSSR count). The van der Waals surface area contributed by atoms with Crippen LogP contribution in [0.5, 0.6) is 0 Å². The Morgan fingerprint density at radius 3 is 2.58 bits per heavy atom. The van der Waals surface area contributed by atoms with Gasteiger partial charge in [-0.25, -0.2) is 17.8 Å². The van der Waals surface area contributed by atoms with Gasteiger partial charge in [0.15, 0.2) is 14.9 Å². The minimum Gasteiger partial charge on any atom is -0.327 e. The third kappa shape index (κ3) is 4.76. The van der Waals surface area contributed by atoms with E-state index in [-0.39, 0.29) is 29.9 Å². The number of aromatic nitrogens is 3. The third-order valence-electron chi connectivity index (χ3n) is 4.04. The number of halogens is 1. The predicted molar refractivity (Wildman–Crippen MR) is 99.5 cm³/mol. The molecule has 0 bridgehead atoms. The SMILES string of the molecule is Cc1nn(C/C(F)=C/CN)c(C(C)C)c1Cc1ccc(S(C)(=O)=O)nc1. The van der Waals surface area contributed by atoms with Crippen molar-refractivity contribution in [1.29, 1.82) is 0 Å². The maximum atomic E-state index is 13.9. The maximum Gasteiger partial charge on any atom is 0.192 e. The van der Waals surface area contributed by atoms with Crippen molar-refractivity contribution in [3.05, 3.63) is 52.7 Å². The Hall–Kier alpha value is -2.06. The molecular weight excluding hydrogens is 355 g/mol. The summed E-state index contributed by atoms with van der Waals surface area (Å²) in [6.45, 7) is 6.16. The number of hydrogen-bond donors (Lipinski definition) is 1. The highest BCUT2D eigenvalue weighted by Gasteiger charge is 2.19. The van der Waals surface area contributed by atoms with Crippen molar-refractivity contribution in [3.8, 4) is 0 Å². The van der Waals surface area contributed by atoms with Crippen molar-refractivity contribution in [2.45, 2.75) is 44.7 Å². The van der Waals surface area contributed by atoms with Crippen LogP contribution in [0.3, 0.4) is 0 Å². The number of allylic oxidation sites excluding steroid dienone is 1. The van der Waals surface area contributed by atoms with Gasteiger partial charge in [-0.15, -0.1) is 0 Å². The van der Waals surface area contributed by atoms with Crippen LogP contribution in [0.1, 0.15) is 42.3 Å². The topological polar surface area (TPSA) is 90.9 Å². The summed E-state index contributed by atoms with van der Waals surface area (Å²) in [5.74, 6) is -0.164. The smallest absolute Gasteiger partial charge is 0.192 e. The van der Waals surface area contributed by atoms with Crippen molar-refractivity contribution in [1.82, 2.24) is 14.8 Å². The van der Waals surface area contributed by atoms with E-state index < -0.39 is 9.84 Å². The number of rotatable bonds is 7. The van der Waals surface area contributed by atoms with E-state index in [0.29, 0.717) is 6.42 Å². The van der Waals surface area contributed by atoms with Gasteiger partial charge in [0.25, 0.3) is 0 Å². The summed E-state index contributed by atoms with van der Waals surface area (Å²) in [4.78, 5) is 4.03. The number of nitrogens with zero attached hydrogens (tertiary/aromatic N) is 3. The van der Waals surface area contributed by atoms with E-state index in [1.807, 2.05) is 20.8 Å². The van der Waals surface area contributed by atoms with Crippen molar-refractivity contribution >= 4 is 9.84 Å². The monoisotopic (exact) mass is 380 g/mol. The molecule has 2 N–H and O–H groups in total. The first kappa shape index (κ1) is 20.3. The average molecular weight is 380 g/mol. The number of hydrogen-bond acceptors (Lipinski definition) is 5. The lowest BCUT2D eigenvalue weighted by atomic mass is 9.98. The largest absolute Gasteiger partial charge is 0.327 e. The fourth-order valence-electron chi connectivity index (χ4n) is 2.90. The van der Waals surface area contributed by atoms with Gasteiger partial charge in [0.05, 0.1) is 12.2 Å². The predicted octanol–water partition coefficient (Wildman–Crippen LogP) is 2.52. The van der Waals surface area contributed by atoms with Gasteiger partial charge >= 0.3 is 0 Å². The highest BCUT2D eigenvalue weighted by atomic mass is 32.2. The van der Waals surface area contributed by atoms with E-state index in [1.165, 1.54) is 12.1 Å². The van der Waals surface area contributed by atoms with E-state index in [1.54, 1.807) is 16.9 Å². The van der Waals surface area contributed by atoms with Gasteiger partial charge < -0.3 is 5.73 Å². The standard InChI is InChI=1S/C18H25FN4O2S/c1-12(2)18-16(13(3)22-23(18)11-15(19)7-8-20)9-14-5-6-17(21-10-14)26(4,24)25/h5-7,10,12H,8-9,11,20H2,1-4H3/b15-7-. The molecule has 142 valence electrons. The Balaban J connectivity index is 2.37. The van der Waals surface area contributed by atoms with Gasteiger partial charge in [-0.3, -0.25) is 4.68 Å². The molecule has 0 atom stereocenters. The molecule has 0 aliphatic carbocycles. The zero-order valence-electron chi connectivity index (χ0n) is 15.5. The molecule has 2 aromatic rings. The fourth-order valence-corrected chi connectivity index (χ4v) is 3.46. The van der Waals surface area contributed by atoms with Crippen LogP contribution in [0, 0.1) is 6.92 Å². The molecule has 0 spiro atoms. The molecule has 0 aliphatic heterocycles. The van der Waals surface area contributed by atoms with Crippen molar-refractivity contribution < 1.29 is 12.8 Å². The molecule has 0 aromatic carbocycles. The first-order valence-corrected chi connectivity index (χ1v) is 10.3. The molecule has 0 amide bonds. The Bertz CT molecular complexity index is 900. The molecule has 0 unspecified atom stereocenters. The second kappa shape index (κ2) is 8.09.